The molecule has 0 radical (unpaired) electrons. The van der Waals surface area contributed by atoms with Gasteiger partial charge in [0.15, 0.2) is 0 Å². The lowest BCUT2D eigenvalue weighted by atomic mass is 9.98. The van der Waals surface area contributed by atoms with Gasteiger partial charge in [0.05, 0.1) is 0 Å². The lowest BCUT2D eigenvalue weighted by Gasteiger charge is -2.31. The molecule has 0 bridgehead atoms. The first-order valence-corrected chi connectivity index (χ1v) is 9.52. The van der Waals surface area contributed by atoms with Crippen LogP contribution in [0.5, 0.6) is 11.5 Å². The van der Waals surface area contributed by atoms with Crippen molar-refractivity contribution < 1.29 is 34.0 Å². The number of aliphatic hydroxyl groups excluding tert-OH is 2. The van der Waals surface area contributed by atoms with Crippen molar-refractivity contribution in [3.8, 4) is 11.5 Å². The highest BCUT2D eigenvalue weighted by atomic mass is 35.5. The van der Waals surface area contributed by atoms with E-state index in [0.29, 0.717) is 35.5 Å². The maximum atomic E-state index is 13.4. The Morgan fingerprint density at radius 2 is 1.33 bits per heavy atom. The lowest BCUT2D eigenvalue weighted by molar-refractivity contribution is 0.00892. The largest absolute Gasteiger partial charge is 0.487 e. The van der Waals surface area contributed by atoms with Crippen LogP contribution in [0.4, 0.5) is 8.78 Å². The summed E-state index contributed by atoms with van der Waals surface area (Å²) >= 11 is 0. The zero-order valence-corrected chi connectivity index (χ0v) is 16.8. The van der Waals surface area contributed by atoms with Gasteiger partial charge in [0.1, 0.15) is 47.5 Å². The van der Waals surface area contributed by atoms with Gasteiger partial charge < -0.3 is 25.0 Å². The predicted octanol–water partition coefficient (Wildman–Crippen LogP) is 2.79. The zero-order valence-electron chi connectivity index (χ0n) is 20.0. The normalized spacial score (nSPS) is 24.8. The Kier molecular flexibility index (Phi) is 5.86. The van der Waals surface area contributed by atoms with Gasteiger partial charge in [-0.1, -0.05) is 0 Å². The number of benzene rings is 2. The molecule has 2 heterocycles. The van der Waals surface area contributed by atoms with Gasteiger partial charge in [0.2, 0.25) is 0 Å². The summed E-state index contributed by atoms with van der Waals surface area (Å²) in [6, 6.07) is 7.84. The summed E-state index contributed by atoms with van der Waals surface area (Å²) in [7, 11) is 0. The average molecular weight is 446 g/mol. The number of ether oxygens (including phenoxy) is 2. The van der Waals surface area contributed by atoms with Crippen LogP contribution >= 0.6 is 12.4 Å². The number of hydrogen-bond donors (Lipinski definition) is 3. The highest BCUT2D eigenvalue weighted by Gasteiger charge is 2.29. The van der Waals surface area contributed by atoms with Gasteiger partial charge in [0.25, 0.3) is 0 Å². The van der Waals surface area contributed by atoms with Gasteiger partial charge in [-0.15, -0.1) is 12.4 Å². The van der Waals surface area contributed by atoms with E-state index < -0.39 is 49.0 Å². The Morgan fingerprint density at radius 1 is 0.900 bits per heavy atom. The Morgan fingerprint density at radius 3 is 1.77 bits per heavy atom. The molecule has 2 aliphatic heterocycles. The highest BCUT2D eigenvalue weighted by Crippen LogP contribution is 2.30. The van der Waals surface area contributed by atoms with Gasteiger partial charge in [-0.05, 0) is 73.2 Å². The molecule has 8 heteroatoms. The van der Waals surface area contributed by atoms with Crippen LogP contribution in [0.15, 0.2) is 36.4 Å². The first kappa shape index (κ1) is 17.7. The molecule has 0 fully saturated rings. The summed E-state index contributed by atoms with van der Waals surface area (Å²) in [5, 5.41) is 23.4. The Bertz CT molecular complexity index is 953. The number of halogens is 3. The van der Waals surface area contributed by atoms with E-state index in [4.69, 9.17) is 15.0 Å². The quantitative estimate of drug-likeness (QED) is 0.638. The van der Waals surface area contributed by atoms with Crippen molar-refractivity contribution >= 4 is 12.4 Å². The highest BCUT2D eigenvalue weighted by molar-refractivity contribution is 5.85. The maximum absolute atomic E-state index is 13.4. The summed E-state index contributed by atoms with van der Waals surface area (Å²) in [5.74, 6) is -0.186. The number of aryl methyl sites for hydroxylation is 2. The third-order valence-electron chi connectivity index (χ3n) is 5.14. The fraction of sp³-hybridized carbons (Fsp3) is 0.455. The second-order valence-corrected chi connectivity index (χ2v) is 7.20. The predicted molar refractivity (Wildman–Crippen MR) is 110 cm³/mol. The van der Waals surface area contributed by atoms with E-state index in [9.17, 15) is 19.0 Å². The van der Waals surface area contributed by atoms with E-state index in [2.05, 4.69) is 5.32 Å². The van der Waals surface area contributed by atoms with Crippen LogP contribution in [0.25, 0.3) is 0 Å². The Hall–Kier alpha value is -1.93. The van der Waals surface area contributed by atoms with E-state index in [1.165, 1.54) is 36.4 Å². The Labute approximate surface area is 186 Å². The fourth-order valence-corrected chi connectivity index (χ4v) is 3.58. The summed E-state index contributed by atoms with van der Waals surface area (Å²) in [6.07, 6.45) is -4.47. The molecule has 0 saturated heterocycles. The molecular weight excluding hydrogens is 416 g/mol. The first-order valence-electron chi connectivity index (χ1n) is 11.5. The maximum Gasteiger partial charge on any atom is 0.126 e. The molecule has 4 atom stereocenters. The summed E-state index contributed by atoms with van der Waals surface area (Å²) in [5.41, 5.74) is 1.21. The molecule has 5 nitrogen and oxygen atoms in total. The summed E-state index contributed by atoms with van der Waals surface area (Å²) < 4.78 is 70.9. The summed E-state index contributed by atoms with van der Waals surface area (Å²) in [6.45, 7) is -5.36. The number of aliphatic hydroxyl groups is 2. The molecular formula is C22H26ClF2NO4. The van der Waals surface area contributed by atoms with Crippen LogP contribution in [0.3, 0.4) is 0 Å². The third kappa shape index (κ3) is 5.21. The molecule has 0 spiro atoms. The van der Waals surface area contributed by atoms with Crippen molar-refractivity contribution in [1.82, 2.24) is 5.32 Å². The van der Waals surface area contributed by atoms with E-state index in [1.807, 2.05) is 0 Å². The van der Waals surface area contributed by atoms with Crippen LogP contribution in [0, 0.1) is 11.6 Å². The van der Waals surface area contributed by atoms with E-state index in [0.717, 1.165) is 0 Å². The van der Waals surface area contributed by atoms with Crippen LogP contribution in [0.1, 0.15) is 29.5 Å². The molecule has 0 aliphatic carbocycles. The molecule has 164 valence electrons. The van der Waals surface area contributed by atoms with Crippen molar-refractivity contribution in [2.24, 2.45) is 0 Å². The SMILES string of the molecule is Cl.[2H]C([2H])(NC([2H])([2H])[C@@H](O)[C@H]1CCc2cc(F)ccc2O1)[C@@H](O)[C@@H]1CCc2cc(F)ccc2O1. The van der Waals surface area contributed by atoms with Gasteiger partial charge >= 0.3 is 0 Å². The topological polar surface area (TPSA) is 71.0 Å². The molecule has 3 N–H and O–H groups in total. The molecule has 0 aromatic heterocycles. The van der Waals surface area contributed by atoms with Crippen molar-refractivity contribution in [2.45, 2.75) is 50.1 Å². The van der Waals surface area contributed by atoms with Crippen molar-refractivity contribution in [3.63, 3.8) is 0 Å². The first-order chi connectivity index (χ1) is 15.5. The molecule has 0 saturated carbocycles. The molecule has 2 aliphatic rings. The number of nitrogens with one attached hydrogen (secondary N) is 1. The standard InChI is InChI=1S/C22H25F2NO4.ClH/c23-15-3-7-19-13(9-15)1-5-21(28-19)17(26)11-25-12-18(27)22-6-2-14-10-16(24)4-8-20(14)29-22;/h3-4,7-10,17-18,21-22,25-27H,1-2,5-6,11-12H2;1H/t17-,18-,21-,22+;/m1./s1/i11D2,12D2;. The van der Waals surface area contributed by atoms with E-state index >= 15 is 0 Å². The molecule has 0 unspecified atom stereocenters. The molecule has 30 heavy (non-hydrogen) atoms. The Balaban J connectivity index is 0.00000324. The second-order valence-electron chi connectivity index (χ2n) is 7.20. The minimum atomic E-state index is -2.68. The second kappa shape index (κ2) is 9.92. The van der Waals surface area contributed by atoms with E-state index in [1.54, 1.807) is 0 Å². The summed E-state index contributed by atoms with van der Waals surface area (Å²) in [4.78, 5) is 0. The van der Waals surface area contributed by atoms with Crippen molar-refractivity contribution in [1.29, 1.82) is 0 Å². The van der Waals surface area contributed by atoms with Gasteiger partial charge in [-0.3, -0.25) is 0 Å². The zero-order chi connectivity index (χ0) is 24.0. The van der Waals surface area contributed by atoms with E-state index in [-0.39, 0.29) is 25.2 Å². The number of fused-ring (bicyclic) bond motifs is 2. The number of hydrogen-bond acceptors (Lipinski definition) is 5. The fourth-order valence-electron chi connectivity index (χ4n) is 3.58. The van der Waals surface area contributed by atoms with Crippen LogP contribution in [-0.4, -0.2) is 47.6 Å². The minimum absolute atomic E-state index is 0. The smallest absolute Gasteiger partial charge is 0.126 e. The number of rotatable bonds is 6. The van der Waals surface area contributed by atoms with Gasteiger partial charge in [-0.2, -0.15) is 0 Å². The molecule has 2 aromatic carbocycles. The van der Waals surface area contributed by atoms with Crippen LogP contribution < -0.4 is 14.8 Å². The van der Waals surface area contributed by atoms with Gasteiger partial charge in [-0.25, -0.2) is 8.78 Å². The minimum Gasteiger partial charge on any atom is -0.487 e. The van der Waals surface area contributed by atoms with Crippen molar-refractivity contribution in [3.05, 3.63) is 59.2 Å². The van der Waals surface area contributed by atoms with Crippen molar-refractivity contribution in [2.75, 3.05) is 13.0 Å². The van der Waals surface area contributed by atoms with Crippen LogP contribution in [-0.2, 0) is 12.8 Å². The average Bonchev–Trinajstić information content (AvgIpc) is 2.76. The van der Waals surface area contributed by atoms with Gasteiger partial charge in [0, 0.05) is 18.5 Å². The van der Waals surface area contributed by atoms with Crippen LogP contribution in [0.2, 0.25) is 0 Å². The molecule has 0 amide bonds. The lowest BCUT2D eigenvalue weighted by Crippen LogP contribution is -2.46. The molecule has 2 aromatic rings. The monoisotopic (exact) mass is 445 g/mol. The molecule has 4 rings (SSSR count). The third-order valence-corrected chi connectivity index (χ3v) is 5.14.